The average molecular weight is 443 g/mol. The predicted molar refractivity (Wildman–Crippen MR) is 102 cm³/mol. The van der Waals surface area contributed by atoms with Crippen LogP contribution < -0.4 is 16.4 Å². The van der Waals surface area contributed by atoms with Gasteiger partial charge in [0.1, 0.15) is 0 Å². The van der Waals surface area contributed by atoms with Crippen LogP contribution in [0, 0.1) is 16.0 Å². The van der Waals surface area contributed by atoms with Crippen molar-refractivity contribution >= 4 is 39.7 Å². The third kappa shape index (κ3) is 4.61. The molecule has 4 N–H and O–H groups in total. The van der Waals surface area contributed by atoms with Crippen molar-refractivity contribution in [3.05, 3.63) is 48.5 Å². The Hall–Kier alpha value is -2.53. The number of H-pyrrole nitrogens is 2. The van der Waals surface area contributed by atoms with Crippen LogP contribution in [0.2, 0.25) is 0 Å². The summed E-state index contributed by atoms with van der Waals surface area (Å²) in [6.45, 7) is 0.206. The summed E-state index contributed by atoms with van der Waals surface area (Å²) in [4.78, 5) is 49.6. The highest BCUT2D eigenvalue weighted by Crippen LogP contribution is 2.26. The van der Waals surface area contributed by atoms with Crippen LogP contribution in [-0.2, 0) is 11.3 Å². The van der Waals surface area contributed by atoms with Gasteiger partial charge in [-0.1, -0.05) is 6.42 Å². The number of nitro benzene ring substituents is 1. The normalized spacial score (nSPS) is 19.4. The van der Waals surface area contributed by atoms with E-state index < -0.39 is 27.9 Å². The number of hydrogen-bond acceptors (Lipinski definition) is 6. The number of non-ortho nitro benzene ring substituents is 1. The topological polar surface area (TPSA) is 158 Å². The zero-order valence-corrected chi connectivity index (χ0v) is 15.9. The van der Waals surface area contributed by atoms with Gasteiger partial charge in [-0.2, -0.15) is 0 Å². The number of aliphatic carboxylic acids is 1. The van der Waals surface area contributed by atoms with Crippen molar-refractivity contribution in [2.45, 2.75) is 38.3 Å². The molecule has 2 atom stereocenters. The molecule has 0 radical (unpaired) electrons. The monoisotopic (exact) mass is 442 g/mol. The van der Waals surface area contributed by atoms with Crippen LogP contribution in [0.4, 0.5) is 5.69 Å². The van der Waals surface area contributed by atoms with Crippen molar-refractivity contribution in [1.29, 1.82) is 0 Å². The van der Waals surface area contributed by atoms with Crippen LogP contribution in [0.25, 0.3) is 11.0 Å². The summed E-state index contributed by atoms with van der Waals surface area (Å²) < 4.78 is 0. The molecular formula is C16H19BrN4O6. The van der Waals surface area contributed by atoms with Crippen LogP contribution in [0.3, 0.4) is 0 Å². The summed E-state index contributed by atoms with van der Waals surface area (Å²) in [6.07, 6.45) is 2.72. The number of halogens is 1. The molecule has 1 saturated carbocycles. The summed E-state index contributed by atoms with van der Waals surface area (Å²) in [5.74, 6) is -1.22. The first-order valence-corrected chi connectivity index (χ1v) is 8.25. The largest absolute Gasteiger partial charge is 0.481 e. The molecule has 1 aliphatic rings. The van der Waals surface area contributed by atoms with E-state index in [9.17, 15) is 24.5 Å². The lowest BCUT2D eigenvalue weighted by Gasteiger charge is -2.27. The Labute approximate surface area is 162 Å². The third-order valence-electron chi connectivity index (χ3n) is 4.71. The summed E-state index contributed by atoms with van der Waals surface area (Å²) >= 11 is 0. The first kappa shape index (κ1) is 20.8. The number of rotatable bonds is 5. The number of nitrogens with one attached hydrogen (secondary N) is 3. The van der Waals surface area contributed by atoms with Crippen LogP contribution >= 0.6 is 17.0 Å². The van der Waals surface area contributed by atoms with E-state index in [0.717, 1.165) is 12.8 Å². The molecule has 0 amide bonds. The minimum atomic E-state index is -0.881. The van der Waals surface area contributed by atoms with E-state index in [1.165, 1.54) is 12.1 Å². The molecule has 11 heteroatoms. The molecule has 1 aliphatic carbocycles. The van der Waals surface area contributed by atoms with Crippen LogP contribution in [-0.4, -0.2) is 32.0 Å². The lowest BCUT2D eigenvalue weighted by Crippen LogP contribution is -2.36. The molecular weight excluding hydrogens is 424 g/mol. The molecule has 0 bridgehead atoms. The number of carbonyl (C=O) groups is 1. The number of carboxylic acids is 1. The fourth-order valence-corrected chi connectivity index (χ4v) is 3.38. The lowest BCUT2D eigenvalue weighted by atomic mass is 9.85. The zero-order valence-electron chi connectivity index (χ0n) is 14.2. The van der Waals surface area contributed by atoms with Crippen LogP contribution in [0.15, 0.2) is 21.7 Å². The van der Waals surface area contributed by atoms with Crippen molar-refractivity contribution in [2.24, 2.45) is 5.92 Å². The smallest absolute Gasteiger partial charge is 0.314 e. The maximum absolute atomic E-state index is 11.6. The van der Waals surface area contributed by atoms with Gasteiger partial charge in [0.15, 0.2) is 0 Å². The molecule has 146 valence electrons. The number of aromatic amines is 2. The van der Waals surface area contributed by atoms with E-state index in [1.807, 2.05) is 0 Å². The van der Waals surface area contributed by atoms with Crippen molar-refractivity contribution in [1.82, 2.24) is 15.3 Å². The van der Waals surface area contributed by atoms with Crippen LogP contribution in [0.1, 0.15) is 31.2 Å². The van der Waals surface area contributed by atoms with E-state index >= 15 is 0 Å². The highest BCUT2D eigenvalue weighted by atomic mass is 79.9. The van der Waals surface area contributed by atoms with Gasteiger partial charge in [-0.3, -0.25) is 24.5 Å². The van der Waals surface area contributed by atoms with Gasteiger partial charge in [-0.15, -0.1) is 17.0 Å². The van der Waals surface area contributed by atoms with Gasteiger partial charge in [-0.05, 0) is 24.8 Å². The Morgan fingerprint density at radius 1 is 1.26 bits per heavy atom. The molecule has 0 saturated heterocycles. The van der Waals surface area contributed by atoms with Gasteiger partial charge in [0.05, 0.1) is 21.9 Å². The predicted octanol–water partition coefficient (Wildman–Crippen LogP) is 1.44. The molecule has 10 nitrogen and oxygen atoms in total. The van der Waals surface area contributed by atoms with Crippen molar-refractivity contribution in [3.63, 3.8) is 0 Å². The quantitative estimate of drug-likeness (QED) is 0.309. The van der Waals surface area contributed by atoms with Gasteiger partial charge >= 0.3 is 17.1 Å². The Morgan fingerprint density at radius 2 is 1.96 bits per heavy atom. The Kier molecular flexibility index (Phi) is 6.50. The summed E-state index contributed by atoms with van der Waals surface area (Å²) in [5, 5.41) is 23.5. The van der Waals surface area contributed by atoms with E-state index in [0.29, 0.717) is 23.9 Å². The van der Waals surface area contributed by atoms with Gasteiger partial charge in [0.25, 0.3) is 5.69 Å². The van der Waals surface area contributed by atoms with E-state index in [2.05, 4.69) is 15.3 Å². The number of carboxylic acid groups (broad SMARTS) is 1. The first-order chi connectivity index (χ1) is 12.3. The van der Waals surface area contributed by atoms with Gasteiger partial charge < -0.3 is 20.4 Å². The van der Waals surface area contributed by atoms with Crippen molar-refractivity contribution < 1.29 is 14.8 Å². The van der Waals surface area contributed by atoms with E-state index in [-0.39, 0.29) is 40.8 Å². The molecule has 0 spiro atoms. The molecule has 3 rings (SSSR count). The second-order valence-electron chi connectivity index (χ2n) is 6.47. The molecule has 1 aromatic heterocycles. The van der Waals surface area contributed by atoms with E-state index in [1.54, 1.807) is 0 Å². The summed E-state index contributed by atoms with van der Waals surface area (Å²) in [7, 11) is 0. The minimum absolute atomic E-state index is 0. The first-order valence-electron chi connectivity index (χ1n) is 8.25. The third-order valence-corrected chi connectivity index (χ3v) is 4.71. The fourth-order valence-electron chi connectivity index (χ4n) is 3.38. The van der Waals surface area contributed by atoms with Gasteiger partial charge in [0, 0.05) is 24.7 Å². The highest BCUT2D eigenvalue weighted by Gasteiger charge is 2.26. The second-order valence-corrected chi connectivity index (χ2v) is 6.47. The number of benzene rings is 1. The number of aromatic nitrogens is 2. The number of hydrogen-bond donors (Lipinski definition) is 4. The standard InChI is InChI=1S/C16H18N4O6.BrH/c21-14-15(22)19-13-9(5-11(20(25)26)6-12(13)18-14)7-17-10-3-1-2-8(4-10)16(23)24;/h5-6,8,10,17H,1-4,7H2,(H,18,21)(H,19,22)(H,23,24);1H. The van der Waals surface area contributed by atoms with Crippen LogP contribution in [0.5, 0.6) is 0 Å². The molecule has 0 aliphatic heterocycles. The highest BCUT2D eigenvalue weighted by molar-refractivity contribution is 8.93. The van der Waals surface area contributed by atoms with Crippen molar-refractivity contribution in [3.8, 4) is 0 Å². The number of nitrogens with zero attached hydrogens (tertiary/aromatic N) is 1. The summed E-state index contributed by atoms with van der Waals surface area (Å²) in [6, 6.07) is 2.49. The fraction of sp³-hybridized carbons (Fsp3) is 0.438. The Bertz CT molecular complexity index is 985. The second kappa shape index (κ2) is 8.44. The zero-order chi connectivity index (χ0) is 18.8. The number of nitro groups is 1. The minimum Gasteiger partial charge on any atom is -0.481 e. The molecule has 1 fully saturated rings. The van der Waals surface area contributed by atoms with E-state index in [4.69, 9.17) is 5.11 Å². The SMILES string of the molecule is Br.O=C(O)C1CCCC(NCc2cc([N+](=O)[O-])cc3[nH]c(=O)c(=O)[nH]c23)C1. The van der Waals surface area contributed by atoms with Gasteiger partial charge in [0.2, 0.25) is 0 Å². The number of fused-ring (bicyclic) bond motifs is 1. The molecule has 2 unspecified atom stereocenters. The Morgan fingerprint density at radius 3 is 2.63 bits per heavy atom. The lowest BCUT2D eigenvalue weighted by molar-refractivity contribution is -0.384. The molecule has 27 heavy (non-hydrogen) atoms. The van der Waals surface area contributed by atoms with Crippen molar-refractivity contribution in [2.75, 3.05) is 0 Å². The molecule has 1 heterocycles. The maximum Gasteiger partial charge on any atom is 0.314 e. The summed E-state index contributed by atoms with van der Waals surface area (Å²) in [5.41, 5.74) is -0.972. The Balaban J connectivity index is 0.00000261. The molecule has 1 aromatic carbocycles. The average Bonchev–Trinajstić information content (AvgIpc) is 2.60. The maximum atomic E-state index is 11.6. The van der Waals surface area contributed by atoms with Gasteiger partial charge in [-0.25, -0.2) is 0 Å². The molecule has 2 aromatic rings.